The van der Waals surface area contributed by atoms with Gasteiger partial charge in [-0.3, -0.25) is 4.68 Å². The van der Waals surface area contributed by atoms with E-state index in [1.807, 2.05) is 6.92 Å². The van der Waals surface area contributed by atoms with E-state index >= 15 is 0 Å². The van der Waals surface area contributed by atoms with Gasteiger partial charge >= 0.3 is 0 Å². The number of halogens is 2. The van der Waals surface area contributed by atoms with E-state index in [0.717, 1.165) is 6.07 Å². The van der Waals surface area contributed by atoms with Crippen molar-refractivity contribution < 1.29 is 8.78 Å². The normalized spacial score (nSPS) is 10.5. The zero-order valence-corrected chi connectivity index (χ0v) is 10.5. The van der Waals surface area contributed by atoms with Crippen molar-refractivity contribution >= 4 is 11.6 Å². The van der Waals surface area contributed by atoms with Crippen molar-refractivity contribution in [3.8, 4) is 0 Å². The molecule has 0 aliphatic rings. The summed E-state index contributed by atoms with van der Waals surface area (Å²) in [5, 5.41) is 9.58. The Morgan fingerprint density at radius 1 is 1.21 bits per heavy atom. The van der Waals surface area contributed by atoms with E-state index in [2.05, 4.69) is 20.7 Å². The minimum Gasteiger partial charge on any atom is -0.368 e. The Labute approximate surface area is 109 Å². The Balaban J connectivity index is 2.00. The lowest BCUT2D eigenvalue weighted by Gasteiger charge is -2.10. The van der Waals surface area contributed by atoms with Crippen molar-refractivity contribution in [3.63, 3.8) is 0 Å². The highest BCUT2D eigenvalue weighted by Gasteiger charge is 2.10. The van der Waals surface area contributed by atoms with Gasteiger partial charge in [-0.1, -0.05) is 0 Å². The van der Waals surface area contributed by atoms with E-state index in [9.17, 15) is 8.78 Å². The van der Waals surface area contributed by atoms with Crippen molar-refractivity contribution in [1.29, 1.82) is 0 Å². The quantitative estimate of drug-likeness (QED) is 0.841. The molecule has 2 rings (SSSR count). The summed E-state index contributed by atoms with van der Waals surface area (Å²) < 4.78 is 28.6. The number of hydrogen-bond donors (Lipinski definition) is 2. The average Bonchev–Trinajstić information content (AvgIpc) is 2.88. The second kappa shape index (κ2) is 6.12. The van der Waals surface area contributed by atoms with E-state index in [1.165, 1.54) is 0 Å². The van der Waals surface area contributed by atoms with Gasteiger partial charge in [0.1, 0.15) is 0 Å². The third-order valence-corrected chi connectivity index (χ3v) is 2.47. The summed E-state index contributed by atoms with van der Waals surface area (Å²) in [5.41, 5.74) is 0. The molecule has 2 heterocycles. The van der Waals surface area contributed by atoms with Crippen LogP contribution in [0.3, 0.4) is 0 Å². The van der Waals surface area contributed by atoms with Crippen LogP contribution in [0.2, 0.25) is 0 Å². The summed E-state index contributed by atoms with van der Waals surface area (Å²) in [7, 11) is 0. The van der Waals surface area contributed by atoms with Gasteiger partial charge in [0.05, 0.1) is 6.54 Å². The maximum atomic E-state index is 13.5. The largest absolute Gasteiger partial charge is 0.368 e. The molecule has 0 radical (unpaired) electrons. The van der Waals surface area contributed by atoms with Gasteiger partial charge in [-0.15, -0.1) is 0 Å². The van der Waals surface area contributed by atoms with Crippen LogP contribution in [0, 0.1) is 11.6 Å². The second-order valence-corrected chi connectivity index (χ2v) is 3.88. The lowest BCUT2D eigenvalue weighted by molar-refractivity contribution is 0.575. The molecule has 0 unspecified atom stereocenters. The molecule has 0 spiro atoms. The Morgan fingerprint density at radius 2 is 1.95 bits per heavy atom. The van der Waals surface area contributed by atoms with Crippen molar-refractivity contribution in [2.45, 2.75) is 13.5 Å². The first kappa shape index (κ1) is 13.3. The molecule has 2 aromatic rings. The molecule has 2 aromatic heterocycles. The molecule has 0 atom stereocenters. The van der Waals surface area contributed by atoms with Crippen LogP contribution in [0.25, 0.3) is 0 Å². The summed E-state index contributed by atoms with van der Waals surface area (Å²) in [6.07, 6.45) is 3.47. The van der Waals surface area contributed by atoms with Gasteiger partial charge in [-0.05, 0) is 13.0 Å². The Hall–Kier alpha value is -2.18. The van der Waals surface area contributed by atoms with Crippen LogP contribution in [0.1, 0.15) is 6.92 Å². The molecule has 0 saturated heterocycles. The molecule has 0 aromatic carbocycles. The fraction of sp³-hybridized carbons (Fsp3) is 0.333. The lowest BCUT2D eigenvalue weighted by Crippen LogP contribution is -2.14. The maximum absolute atomic E-state index is 13.5. The van der Waals surface area contributed by atoms with Gasteiger partial charge in [0, 0.05) is 31.5 Å². The summed E-state index contributed by atoms with van der Waals surface area (Å²) in [6, 6.07) is 2.63. The van der Waals surface area contributed by atoms with Crippen molar-refractivity contribution in [3.05, 3.63) is 36.2 Å². The predicted octanol–water partition coefficient (Wildman–Crippen LogP) is 2.10. The van der Waals surface area contributed by atoms with Gasteiger partial charge in [-0.25, -0.2) is 13.8 Å². The van der Waals surface area contributed by atoms with Crippen LogP contribution >= 0.6 is 0 Å². The van der Waals surface area contributed by atoms with Gasteiger partial charge in [0.2, 0.25) is 0 Å². The number of aromatic nitrogens is 3. The van der Waals surface area contributed by atoms with Crippen LogP contribution < -0.4 is 10.6 Å². The smallest absolute Gasteiger partial charge is 0.168 e. The van der Waals surface area contributed by atoms with Gasteiger partial charge in [0.25, 0.3) is 0 Å². The first-order valence-electron chi connectivity index (χ1n) is 6.02. The lowest BCUT2D eigenvalue weighted by atomic mass is 10.4. The van der Waals surface area contributed by atoms with E-state index < -0.39 is 11.6 Å². The number of hydrogen-bond acceptors (Lipinski definition) is 4. The molecular weight excluding hydrogens is 252 g/mol. The van der Waals surface area contributed by atoms with Gasteiger partial charge in [-0.2, -0.15) is 5.10 Å². The Kier molecular flexibility index (Phi) is 4.27. The van der Waals surface area contributed by atoms with Gasteiger partial charge < -0.3 is 10.6 Å². The monoisotopic (exact) mass is 267 g/mol. The van der Waals surface area contributed by atoms with E-state index in [4.69, 9.17) is 0 Å². The molecular formula is C12H15F2N5. The third-order valence-electron chi connectivity index (χ3n) is 2.47. The van der Waals surface area contributed by atoms with Crippen molar-refractivity contribution in [2.24, 2.45) is 0 Å². The Morgan fingerprint density at radius 3 is 2.58 bits per heavy atom. The van der Waals surface area contributed by atoms with Crippen LogP contribution in [-0.2, 0) is 6.54 Å². The highest BCUT2D eigenvalue weighted by molar-refractivity contribution is 5.47. The summed E-state index contributed by atoms with van der Waals surface area (Å²) >= 11 is 0. The SMILES string of the molecule is CCNc1nc(NCCn2cccn2)c(F)cc1F. The van der Waals surface area contributed by atoms with Crippen LogP contribution in [0.5, 0.6) is 0 Å². The van der Waals surface area contributed by atoms with Crippen molar-refractivity contribution in [1.82, 2.24) is 14.8 Å². The van der Waals surface area contributed by atoms with Crippen molar-refractivity contribution in [2.75, 3.05) is 23.7 Å². The molecule has 0 amide bonds. The average molecular weight is 267 g/mol. The van der Waals surface area contributed by atoms with Crippen LogP contribution in [-0.4, -0.2) is 27.9 Å². The number of rotatable bonds is 6. The summed E-state index contributed by atoms with van der Waals surface area (Å²) in [6.45, 7) is 3.35. The van der Waals surface area contributed by atoms with E-state index in [-0.39, 0.29) is 11.6 Å². The fourth-order valence-electron chi connectivity index (χ4n) is 1.60. The first-order chi connectivity index (χ1) is 9.20. The van der Waals surface area contributed by atoms with Gasteiger partial charge in [0.15, 0.2) is 23.3 Å². The number of pyridine rings is 1. The zero-order chi connectivity index (χ0) is 13.7. The Bertz CT molecular complexity index is 527. The fourth-order valence-corrected chi connectivity index (χ4v) is 1.60. The maximum Gasteiger partial charge on any atom is 0.168 e. The zero-order valence-electron chi connectivity index (χ0n) is 10.5. The molecule has 0 aliphatic heterocycles. The summed E-state index contributed by atoms with van der Waals surface area (Å²) in [5.74, 6) is -1.33. The number of anilines is 2. The third kappa shape index (κ3) is 3.40. The number of nitrogens with zero attached hydrogens (tertiary/aromatic N) is 3. The molecule has 0 saturated carbocycles. The molecule has 19 heavy (non-hydrogen) atoms. The van der Waals surface area contributed by atoms with E-state index in [0.29, 0.717) is 19.6 Å². The molecule has 2 N–H and O–H groups in total. The highest BCUT2D eigenvalue weighted by Crippen LogP contribution is 2.18. The van der Waals surface area contributed by atoms with Crippen LogP contribution in [0.4, 0.5) is 20.4 Å². The molecule has 0 fully saturated rings. The molecule has 0 aliphatic carbocycles. The van der Waals surface area contributed by atoms with Crippen LogP contribution in [0.15, 0.2) is 24.5 Å². The molecule has 5 nitrogen and oxygen atoms in total. The first-order valence-corrected chi connectivity index (χ1v) is 6.02. The molecule has 102 valence electrons. The molecule has 7 heteroatoms. The predicted molar refractivity (Wildman–Crippen MR) is 69.0 cm³/mol. The topological polar surface area (TPSA) is 54.8 Å². The highest BCUT2D eigenvalue weighted by atomic mass is 19.1. The minimum absolute atomic E-state index is 0.0320. The molecule has 0 bridgehead atoms. The summed E-state index contributed by atoms with van der Waals surface area (Å²) in [4.78, 5) is 3.88. The minimum atomic E-state index is -0.709. The standard InChI is InChI=1S/C12H15F2N5/c1-2-15-11-9(13)8-10(14)12(18-11)16-5-7-19-6-3-4-17-19/h3-4,6,8H,2,5,7H2,1H3,(H2,15,16,18). The number of nitrogens with one attached hydrogen (secondary N) is 2. The second-order valence-electron chi connectivity index (χ2n) is 3.88. The van der Waals surface area contributed by atoms with E-state index in [1.54, 1.807) is 23.1 Å².